The normalized spacial score (nSPS) is 14.1. The van der Waals surface area contributed by atoms with Crippen LogP contribution in [0, 0.1) is 17.5 Å². The second-order valence-electron chi connectivity index (χ2n) is 4.53. The lowest BCUT2D eigenvalue weighted by Gasteiger charge is -2.21. The first-order chi connectivity index (χ1) is 9.47. The predicted octanol–water partition coefficient (Wildman–Crippen LogP) is 4.28. The summed E-state index contributed by atoms with van der Waals surface area (Å²) in [6.45, 7) is 1.75. The Morgan fingerprint density at radius 2 is 1.70 bits per heavy atom. The van der Waals surface area contributed by atoms with Gasteiger partial charge in [-0.25, -0.2) is 13.2 Å². The largest absolute Gasteiger partial charge is 0.327 e. The lowest BCUT2D eigenvalue weighted by atomic mass is 10.1. The molecule has 1 nitrogen and oxygen atoms in total. The minimum absolute atomic E-state index is 0.163. The maximum Gasteiger partial charge on any atom is 0.136 e. The molecule has 0 spiro atoms. The van der Waals surface area contributed by atoms with Crippen molar-refractivity contribution in [1.29, 1.82) is 0 Å². The number of hydrogen-bond acceptors (Lipinski definition) is 2. The number of thioether (sulfide) groups is 1. The molecule has 2 unspecified atom stereocenters. The zero-order valence-electron chi connectivity index (χ0n) is 10.8. The Hall–Kier alpha value is -1.46. The van der Waals surface area contributed by atoms with Crippen molar-refractivity contribution >= 4 is 11.8 Å². The van der Waals surface area contributed by atoms with Gasteiger partial charge in [-0.1, -0.05) is 12.1 Å². The van der Waals surface area contributed by atoms with E-state index in [-0.39, 0.29) is 22.0 Å². The Labute approximate surface area is 120 Å². The second-order valence-corrected chi connectivity index (χ2v) is 5.71. The van der Waals surface area contributed by atoms with Crippen molar-refractivity contribution in [1.82, 2.24) is 0 Å². The monoisotopic (exact) mass is 297 g/mol. The third-order valence-corrected chi connectivity index (χ3v) is 4.32. The van der Waals surface area contributed by atoms with Crippen LogP contribution in [0.15, 0.2) is 47.4 Å². The summed E-state index contributed by atoms with van der Waals surface area (Å²) >= 11 is 1.09. The molecule has 2 aromatic carbocycles. The molecule has 0 aliphatic rings. The first kappa shape index (κ1) is 14.9. The summed E-state index contributed by atoms with van der Waals surface area (Å²) in [7, 11) is 0. The first-order valence-electron chi connectivity index (χ1n) is 6.10. The molecule has 2 rings (SSSR count). The standard InChI is InChI=1S/C15H14F3NS/c1-9(19)15(10-3-2-4-11(16)7-10)20-14-8-12(17)5-6-13(14)18/h2-9,15H,19H2,1H3. The van der Waals surface area contributed by atoms with Crippen molar-refractivity contribution in [2.24, 2.45) is 5.73 Å². The zero-order chi connectivity index (χ0) is 14.7. The Morgan fingerprint density at radius 1 is 1.00 bits per heavy atom. The summed E-state index contributed by atoms with van der Waals surface area (Å²) in [6, 6.07) is 8.89. The van der Waals surface area contributed by atoms with Gasteiger partial charge in [-0.2, -0.15) is 0 Å². The smallest absolute Gasteiger partial charge is 0.136 e. The van der Waals surface area contributed by atoms with Crippen molar-refractivity contribution in [3.8, 4) is 0 Å². The average molecular weight is 297 g/mol. The van der Waals surface area contributed by atoms with Crippen molar-refractivity contribution in [2.45, 2.75) is 23.1 Å². The first-order valence-corrected chi connectivity index (χ1v) is 6.98. The summed E-state index contributed by atoms with van der Waals surface area (Å²) in [5.74, 6) is -1.41. The van der Waals surface area contributed by atoms with Crippen LogP contribution in [0.25, 0.3) is 0 Å². The van der Waals surface area contributed by atoms with Crippen molar-refractivity contribution in [3.05, 3.63) is 65.5 Å². The van der Waals surface area contributed by atoms with Crippen LogP contribution in [-0.2, 0) is 0 Å². The zero-order valence-corrected chi connectivity index (χ0v) is 11.6. The molecule has 0 aromatic heterocycles. The molecular weight excluding hydrogens is 283 g/mol. The summed E-state index contributed by atoms with van der Waals surface area (Å²) in [4.78, 5) is 0.163. The summed E-state index contributed by atoms with van der Waals surface area (Å²) in [5.41, 5.74) is 6.54. The highest BCUT2D eigenvalue weighted by Gasteiger charge is 2.20. The average Bonchev–Trinajstić information content (AvgIpc) is 2.39. The summed E-state index contributed by atoms with van der Waals surface area (Å²) in [6.07, 6.45) is 0. The van der Waals surface area contributed by atoms with Gasteiger partial charge in [0, 0.05) is 16.2 Å². The molecule has 0 fully saturated rings. The second kappa shape index (κ2) is 6.33. The number of nitrogens with two attached hydrogens (primary N) is 1. The van der Waals surface area contributed by atoms with E-state index >= 15 is 0 Å². The van der Waals surface area contributed by atoms with E-state index in [2.05, 4.69) is 0 Å². The van der Waals surface area contributed by atoms with Crippen LogP contribution in [0.5, 0.6) is 0 Å². The molecule has 2 aromatic rings. The Morgan fingerprint density at radius 3 is 2.35 bits per heavy atom. The molecule has 0 aliphatic carbocycles. The van der Waals surface area contributed by atoms with E-state index in [0.29, 0.717) is 5.56 Å². The Bertz CT molecular complexity index is 601. The molecule has 0 heterocycles. The van der Waals surface area contributed by atoms with Crippen molar-refractivity contribution in [2.75, 3.05) is 0 Å². The minimum Gasteiger partial charge on any atom is -0.327 e. The third-order valence-electron chi connectivity index (χ3n) is 2.80. The van der Waals surface area contributed by atoms with Crippen molar-refractivity contribution in [3.63, 3.8) is 0 Å². The summed E-state index contributed by atoms with van der Waals surface area (Å²) in [5, 5.41) is -0.359. The Kier molecular flexibility index (Phi) is 4.73. The molecule has 0 bridgehead atoms. The van der Waals surface area contributed by atoms with Crippen LogP contribution in [0.2, 0.25) is 0 Å². The molecule has 0 saturated heterocycles. The van der Waals surface area contributed by atoms with Crippen LogP contribution in [-0.4, -0.2) is 6.04 Å². The number of rotatable bonds is 4. The van der Waals surface area contributed by atoms with Crippen LogP contribution < -0.4 is 5.73 Å². The molecule has 0 radical (unpaired) electrons. The molecule has 2 atom stereocenters. The SMILES string of the molecule is CC(N)C(Sc1cc(F)ccc1F)c1cccc(F)c1. The fourth-order valence-corrected chi connectivity index (χ4v) is 3.00. The van der Waals surface area contributed by atoms with Gasteiger partial charge >= 0.3 is 0 Å². The predicted molar refractivity (Wildman–Crippen MR) is 75.0 cm³/mol. The number of halogens is 3. The van der Waals surface area contributed by atoms with Gasteiger partial charge in [0.05, 0.1) is 0 Å². The number of hydrogen-bond donors (Lipinski definition) is 1. The minimum atomic E-state index is -0.517. The fraction of sp³-hybridized carbons (Fsp3) is 0.200. The van der Waals surface area contributed by atoms with Gasteiger partial charge in [0.25, 0.3) is 0 Å². The fourth-order valence-electron chi connectivity index (χ4n) is 1.87. The van der Waals surface area contributed by atoms with Crippen LogP contribution >= 0.6 is 11.8 Å². The lowest BCUT2D eigenvalue weighted by Crippen LogP contribution is -2.22. The molecular formula is C15H14F3NS. The van der Waals surface area contributed by atoms with Gasteiger partial charge in [-0.05, 0) is 42.8 Å². The van der Waals surface area contributed by atoms with Gasteiger partial charge in [-0.3, -0.25) is 0 Å². The maximum absolute atomic E-state index is 13.7. The maximum atomic E-state index is 13.7. The van der Waals surface area contributed by atoms with Gasteiger partial charge in [-0.15, -0.1) is 11.8 Å². The van der Waals surface area contributed by atoms with E-state index in [1.807, 2.05) is 0 Å². The van der Waals surface area contributed by atoms with E-state index < -0.39 is 11.6 Å². The van der Waals surface area contributed by atoms with Gasteiger partial charge in [0.1, 0.15) is 17.5 Å². The van der Waals surface area contributed by atoms with E-state index in [4.69, 9.17) is 5.73 Å². The summed E-state index contributed by atoms with van der Waals surface area (Å²) < 4.78 is 40.2. The van der Waals surface area contributed by atoms with E-state index in [0.717, 1.165) is 30.0 Å². The Balaban J connectivity index is 2.33. The number of benzene rings is 2. The van der Waals surface area contributed by atoms with Gasteiger partial charge in [0.15, 0.2) is 0 Å². The van der Waals surface area contributed by atoms with Gasteiger partial charge < -0.3 is 5.73 Å². The van der Waals surface area contributed by atoms with Crippen LogP contribution in [0.4, 0.5) is 13.2 Å². The van der Waals surface area contributed by atoms with E-state index in [1.54, 1.807) is 19.1 Å². The quantitative estimate of drug-likeness (QED) is 0.852. The van der Waals surface area contributed by atoms with E-state index in [9.17, 15) is 13.2 Å². The van der Waals surface area contributed by atoms with Crippen LogP contribution in [0.1, 0.15) is 17.7 Å². The molecule has 2 N–H and O–H groups in total. The highest BCUT2D eigenvalue weighted by atomic mass is 32.2. The van der Waals surface area contributed by atoms with Crippen LogP contribution in [0.3, 0.4) is 0 Å². The molecule has 0 saturated carbocycles. The lowest BCUT2D eigenvalue weighted by molar-refractivity contribution is 0.576. The van der Waals surface area contributed by atoms with Crippen molar-refractivity contribution < 1.29 is 13.2 Å². The highest BCUT2D eigenvalue weighted by Crippen LogP contribution is 2.38. The highest BCUT2D eigenvalue weighted by molar-refractivity contribution is 7.99. The third kappa shape index (κ3) is 3.55. The molecule has 20 heavy (non-hydrogen) atoms. The molecule has 5 heteroatoms. The molecule has 0 aliphatic heterocycles. The molecule has 106 valence electrons. The topological polar surface area (TPSA) is 26.0 Å². The van der Waals surface area contributed by atoms with Gasteiger partial charge in [0.2, 0.25) is 0 Å². The van der Waals surface area contributed by atoms with E-state index in [1.165, 1.54) is 12.1 Å². The molecule has 0 amide bonds.